The fraction of sp³-hybridized carbons (Fsp3) is 0.833. The quantitative estimate of drug-likeness (QED) is 0.176. The highest BCUT2D eigenvalue weighted by atomic mass is 16.5. The Labute approximate surface area is 220 Å². The molecule has 0 unspecified atom stereocenters. The van der Waals surface area contributed by atoms with Crippen LogP contribution in [0, 0.1) is 0 Å². The Balaban J connectivity index is 2.82. The van der Waals surface area contributed by atoms with E-state index in [1.165, 1.54) is 0 Å². The molecule has 1 aliphatic heterocycles. The minimum absolute atomic E-state index is 0.131. The molecule has 0 aromatic carbocycles. The van der Waals surface area contributed by atoms with Crippen LogP contribution in [0.2, 0.25) is 0 Å². The number of carboxylic acids is 2. The molecule has 13 heteroatoms. The van der Waals surface area contributed by atoms with Crippen LogP contribution >= 0.6 is 0 Å². The van der Waals surface area contributed by atoms with Crippen molar-refractivity contribution in [3.63, 3.8) is 0 Å². The Morgan fingerprint density at radius 1 is 0.865 bits per heavy atom. The molecule has 0 radical (unpaired) electrons. The van der Waals surface area contributed by atoms with Gasteiger partial charge in [-0.2, -0.15) is 0 Å². The molecule has 0 spiro atoms. The first-order valence-corrected chi connectivity index (χ1v) is 12.8. The van der Waals surface area contributed by atoms with E-state index in [2.05, 4.69) is 5.32 Å². The molecule has 214 valence electrons. The predicted octanol–water partition coefficient (Wildman–Crippen LogP) is -1.60. The van der Waals surface area contributed by atoms with Crippen molar-refractivity contribution in [2.75, 3.05) is 105 Å². The molecule has 0 aromatic heterocycles. The Bertz CT molecular complexity index is 724. The largest absolute Gasteiger partial charge is 0.480 e. The molecular weight excluding hydrogens is 484 g/mol. The van der Waals surface area contributed by atoms with Gasteiger partial charge >= 0.3 is 11.9 Å². The fourth-order valence-corrected chi connectivity index (χ4v) is 3.72. The lowest BCUT2D eigenvalue weighted by atomic mass is 10.1. The van der Waals surface area contributed by atoms with Gasteiger partial charge in [-0.25, -0.2) is 0 Å². The molecule has 1 fully saturated rings. The number of aliphatic carboxylic acids is 2. The van der Waals surface area contributed by atoms with Crippen molar-refractivity contribution in [2.45, 2.75) is 26.4 Å². The molecule has 0 aromatic rings. The van der Waals surface area contributed by atoms with Gasteiger partial charge in [0.1, 0.15) is 6.29 Å². The zero-order chi connectivity index (χ0) is 27.8. The number of carbonyl (C=O) groups excluding carboxylic acids is 2. The molecule has 0 bridgehead atoms. The highest BCUT2D eigenvalue weighted by molar-refractivity contribution is 5.78. The maximum Gasteiger partial charge on any atom is 0.317 e. The molecule has 1 heterocycles. The Kier molecular flexibility index (Phi) is 15.4. The third kappa shape index (κ3) is 15.6. The molecule has 1 rings (SSSR count). The first-order valence-electron chi connectivity index (χ1n) is 12.8. The molecule has 1 saturated heterocycles. The van der Waals surface area contributed by atoms with E-state index in [0.717, 1.165) is 12.8 Å². The van der Waals surface area contributed by atoms with Crippen molar-refractivity contribution in [3.05, 3.63) is 0 Å². The predicted molar refractivity (Wildman–Crippen MR) is 138 cm³/mol. The van der Waals surface area contributed by atoms with Gasteiger partial charge in [0, 0.05) is 58.9 Å². The molecule has 13 nitrogen and oxygen atoms in total. The van der Waals surface area contributed by atoms with Gasteiger partial charge in [0.15, 0.2) is 0 Å². The van der Waals surface area contributed by atoms with E-state index in [1.807, 2.05) is 42.5 Å². The number of amides is 1. The van der Waals surface area contributed by atoms with E-state index in [0.29, 0.717) is 65.6 Å². The van der Waals surface area contributed by atoms with Crippen LogP contribution < -0.4 is 5.32 Å². The van der Waals surface area contributed by atoms with Crippen LogP contribution in [0.5, 0.6) is 0 Å². The topological polar surface area (TPSA) is 146 Å². The summed E-state index contributed by atoms with van der Waals surface area (Å²) in [7, 11) is 1.96. The Hall–Kier alpha value is -2.16. The molecule has 0 atom stereocenters. The first-order chi connectivity index (χ1) is 17.4. The van der Waals surface area contributed by atoms with Crippen LogP contribution in [0.15, 0.2) is 0 Å². The van der Waals surface area contributed by atoms with Crippen molar-refractivity contribution in [1.29, 1.82) is 0 Å². The van der Waals surface area contributed by atoms with E-state index < -0.39 is 17.5 Å². The Morgan fingerprint density at radius 3 is 1.70 bits per heavy atom. The molecule has 0 aliphatic carbocycles. The molecule has 37 heavy (non-hydrogen) atoms. The number of nitrogens with zero attached hydrogens (tertiary/aromatic N) is 5. The zero-order valence-corrected chi connectivity index (χ0v) is 22.9. The number of rotatable bonds is 14. The molecule has 1 amide bonds. The minimum atomic E-state index is -0.964. The molecule has 0 saturated carbocycles. The van der Waals surface area contributed by atoms with Gasteiger partial charge in [0.05, 0.1) is 38.5 Å². The van der Waals surface area contributed by atoms with Crippen molar-refractivity contribution in [2.24, 2.45) is 0 Å². The van der Waals surface area contributed by atoms with Gasteiger partial charge in [0.25, 0.3) is 0 Å². The normalized spacial score (nSPS) is 18.2. The van der Waals surface area contributed by atoms with Crippen LogP contribution in [-0.4, -0.2) is 170 Å². The third-order valence-corrected chi connectivity index (χ3v) is 6.27. The first kappa shape index (κ1) is 32.9. The summed E-state index contributed by atoms with van der Waals surface area (Å²) < 4.78 is 5.89. The number of ether oxygens (including phenoxy) is 1. The lowest BCUT2D eigenvalue weighted by Crippen LogP contribution is -2.50. The summed E-state index contributed by atoms with van der Waals surface area (Å²) in [6.45, 7) is 11.1. The highest BCUT2D eigenvalue weighted by Gasteiger charge is 2.23. The van der Waals surface area contributed by atoms with E-state index in [9.17, 15) is 29.4 Å². The summed E-state index contributed by atoms with van der Waals surface area (Å²) in [5.41, 5.74) is -0.540. The van der Waals surface area contributed by atoms with Crippen LogP contribution in [0.4, 0.5) is 0 Å². The van der Waals surface area contributed by atoms with Gasteiger partial charge in [-0.1, -0.05) is 6.92 Å². The number of carboxylic acid groups (broad SMARTS) is 2. The second kappa shape index (κ2) is 17.4. The van der Waals surface area contributed by atoms with E-state index in [4.69, 9.17) is 4.74 Å². The van der Waals surface area contributed by atoms with Crippen LogP contribution in [0.25, 0.3) is 0 Å². The molecular formula is C24H46N6O7. The van der Waals surface area contributed by atoms with Crippen molar-refractivity contribution in [3.8, 4) is 0 Å². The SMILES string of the molecule is CCN(C)COC(C)(C)CNC(=O)CN1CCN(CC=O)CCN(CC(=O)O)CCN(CC(=O)O)CC1. The number of hydrogen-bond donors (Lipinski definition) is 3. The van der Waals surface area contributed by atoms with Crippen LogP contribution in [0.3, 0.4) is 0 Å². The standard InChI is InChI=1S/C24H46N6O7/c1-5-26(4)20-37-24(2,3)19-25-21(32)16-28-8-6-27(14-15-31)7-9-29(17-22(33)34)12-13-30(11-10-28)18-23(35)36/h15H,5-14,16-20H2,1-4H3,(H,25,32)(H,33,34)(H,35,36). The summed E-state index contributed by atoms with van der Waals surface area (Å²) in [5.74, 6) is -2.08. The summed E-state index contributed by atoms with van der Waals surface area (Å²) in [6, 6.07) is 0. The second-order valence-corrected chi connectivity index (χ2v) is 10.1. The lowest BCUT2D eigenvalue weighted by molar-refractivity contribution is -0.140. The van der Waals surface area contributed by atoms with Crippen molar-refractivity contribution >= 4 is 24.1 Å². The van der Waals surface area contributed by atoms with Crippen molar-refractivity contribution in [1.82, 2.24) is 29.8 Å². The summed E-state index contributed by atoms with van der Waals surface area (Å²) >= 11 is 0. The molecule has 1 aliphatic rings. The maximum absolute atomic E-state index is 12.8. The third-order valence-electron chi connectivity index (χ3n) is 6.27. The van der Waals surface area contributed by atoms with Gasteiger partial charge in [-0.05, 0) is 27.4 Å². The van der Waals surface area contributed by atoms with E-state index >= 15 is 0 Å². The molecule has 3 N–H and O–H groups in total. The number of hydrogen-bond acceptors (Lipinski definition) is 10. The Morgan fingerprint density at radius 2 is 1.30 bits per heavy atom. The van der Waals surface area contributed by atoms with Crippen LogP contribution in [-0.2, 0) is 23.9 Å². The monoisotopic (exact) mass is 530 g/mol. The number of nitrogens with one attached hydrogen (secondary N) is 1. The average Bonchev–Trinajstić information content (AvgIpc) is 2.82. The zero-order valence-electron chi connectivity index (χ0n) is 22.9. The minimum Gasteiger partial charge on any atom is -0.480 e. The van der Waals surface area contributed by atoms with Gasteiger partial charge in [-0.3, -0.25) is 38.9 Å². The van der Waals surface area contributed by atoms with Crippen molar-refractivity contribution < 1.29 is 34.1 Å². The summed E-state index contributed by atoms with van der Waals surface area (Å²) in [5, 5.41) is 21.5. The fourth-order valence-electron chi connectivity index (χ4n) is 3.72. The van der Waals surface area contributed by atoms with Gasteiger partial charge in [-0.15, -0.1) is 0 Å². The average molecular weight is 531 g/mol. The second-order valence-electron chi connectivity index (χ2n) is 10.1. The number of aldehydes is 1. The highest BCUT2D eigenvalue weighted by Crippen LogP contribution is 2.08. The van der Waals surface area contributed by atoms with Gasteiger partial charge < -0.3 is 25.1 Å². The van der Waals surface area contributed by atoms with Gasteiger partial charge in [0.2, 0.25) is 5.91 Å². The summed E-state index contributed by atoms with van der Waals surface area (Å²) in [4.78, 5) is 56.1. The lowest BCUT2D eigenvalue weighted by Gasteiger charge is -2.33. The van der Waals surface area contributed by atoms with E-state index in [-0.39, 0.29) is 32.1 Å². The number of carbonyl (C=O) groups is 4. The van der Waals surface area contributed by atoms with Crippen LogP contribution in [0.1, 0.15) is 20.8 Å². The smallest absolute Gasteiger partial charge is 0.317 e. The maximum atomic E-state index is 12.8. The summed E-state index contributed by atoms with van der Waals surface area (Å²) in [6.07, 6.45) is 0.817. The van der Waals surface area contributed by atoms with E-state index in [1.54, 1.807) is 9.80 Å².